The molecule has 0 spiro atoms. The Hall–Kier alpha value is -1.94. The number of hydrogen-bond acceptors (Lipinski definition) is 4. The van der Waals surface area contributed by atoms with E-state index in [0.717, 1.165) is 17.0 Å². The summed E-state index contributed by atoms with van der Waals surface area (Å²) in [5.74, 6) is -0.776. The molecule has 1 aliphatic heterocycles. The van der Waals surface area contributed by atoms with Crippen molar-refractivity contribution in [2.75, 3.05) is 0 Å². The predicted octanol–water partition coefficient (Wildman–Crippen LogP) is 3.44. The number of carbonyl (C=O) groups excluding carboxylic acids is 1. The molecule has 5 heteroatoms. The van der Waals surface area contributed by atoms with E-state index in [-0.39, 0.29) is 12.1 Å². The summed E-state index contributed by atoms with van der Waals surface area (Å²) in [7, 11) is 0. The van der Waals surface area contributed by atoms with Crippen LogP contribution in [0.2, 0.25) is 5.02 Å². The van der Waals surface area contributed by atoms with Gasteiger partial charge in [-0.05, 0) is 39.3 Å². The van der Waals surface area contributed by atoms with E-state index in [4.69, 9.17) is 22.1 Å². The summed E-state index contributed by atoms with van der Waals surface area (Å²) in [6.45, 7) is 7.36. The maximum atomic E-state index is 12.5. The van der Waals surface area contributed by atoms with Crippen molar-refractivity contribution in [1.29, 1.82) is 0 Å². The summed E-state index contributed by atoms with van der Waals surface area (Å²) in [5, 5.41) is 3.72. The Labute approximate surface area is 136 Å². The van der Waals surface area contributed by atoms with Gasteiger partial charge in [0.15, 0.2) is 0 Å². The fourth-order valence-electron chi connectivity index (χ4n) is 2.59. The summed E-state index contributed by atoms with van der Waals surface area (Å²) in [4.78, 5) is 12.5. The van der Waals surface area contributed by atoms with Crippen LogP contribution in [0.25, 0.3) is 0 Å². The minimum Gasteiger partial charge on any atom is -0.460 e. The van der Waals surface area contributed by atoms with Crippen molar-refractivity contribution in [2.45, 2.75) is 39.7 Å². The van der Waals surface area contributed by atoms with Crippen molar-refractivity contribution >= 4 is 17.6 Å². The number of rotatable bonds is 3. The summed E-state index contributed by atoms with van der Waals surface area (Å²) in [6, 6.07) is 7.41. The van der Waals surface area contributed by atoms with Gasteiger partial charge in [0.25, 0.3) is 0 Å². The first-order chi connectivity index (χ1) is 10.3. The fraction of sp³-hybridized carbons (Fsp3) is 0.353. The largest absolute Gasteiger partial charge is 0.460 e. The van der Waals surface area contributed by atoms with E-state index < -0.39 is 5.92 Å². The third-order valence-corrected chi connectivity index (χ3v) is 3.93. The zero-order valence-corrected chi connectivity index (χ0v) is 14.0. The van der Waals surface area contributed by atoms with Crippen molar-refractivity contribution < 1.29 is 9.53 Å². The Kier molecular flexibility index (Phi) is 4.81. The van der Waals surface area contributed by atoms with Gasteiger partial charge in [0.1, 0.15) is 0 Å². The summed E-state index contributed by atoms with van der Waals surface area (Å²) in [5.41, 5.74) is 9.71. The highest BCUT2D eigenvalue weighted by atomic mass is 35.5. The molecule has 1 aliphatic rings. The van der Waals surface area contributed by atoms with E-state index in [1.165, 1.54) is 0 Å². The first kappa shape index (κ1) is 16.4. The second kappa shape index (κ2) is 6.44. The second-order valence-corrected chi connectivity index (χ2v) is 6.06. The van der Waals surface area contributed by atoms with Gasteiger partial charge in [-0.1, -0.05) is 29.8 Å². The van der Waals surface area contributed by atoms with Crippen LogP contribution < -0.4 is 11.1 Å². The molecule has 0 aromatic heterocycles. The molecule has 1 atom stereocenters. The zero-order chi connectivity index (χ0) is 16.4. The van der Waals surface area contributed by atoms with Gasteiger partial charge >= 0.3 is 5.97 Å². The third-order valence-electron chi connectivity index (χ3n) is 3.59. The Morgan fingerprint density at radius 2 is 1.91 bits per heavy atom. The van der Waals surface area contributed by atoms with E-state index in [1.54, 1.807) is 6.07 Å². The molecule has 3 N–H and O–H groups in total. The van der Waals surface area contributed by atoms with Gasteiger partial charge in [0.05, 0.1) is 17.6 Å². The number of benzene rings is 1. The highest BCUT2D eigenvalue weighted by molar-refractivity contribution is 6.31. The Balaban J connectivity index is 2.56. The number of ether oxygens (including phenoxy) is 1. The normalized spacial score (nSPS) is 18.5. The SMILES string of the molecule is CC1=C(N)C(c2ccccc2Cl)C(C(=O)OC(C)C)=C(C)N1. The smallest absolute Gasteiger partial charge is 0.337 e. The first-order valence-corrected chi connectivity index (χ1v) is 7.60. The highest BCUT2D eigenvalue weighted by Gasteiger charge is 2.34. The van der Waals surface area contributed by atoms with Gasteiger partial charge in [-0.15, -0.1) is 0 Å². The topological polar surface area (TPSA) is 64.4 Å². The van der Waals surface area contributed by atoms with Crippen molar-refractivity contribution in [3.05, 3.63) is 57.5 Å². The van der Waals surface area contributed by atoms with E-state index in [1.807, 2.05) is 45.9 Å². The van der Waals surface area contributed by atoms with Crippen LogP contribution in [0.5, 0.6) is 0 Å². The monoisotopic (exact) mass is 320 g/mol. The minimum absolute atomic E-state index is 0.201. The molecule has 22 heavy (non-hydrogen) atoms. The van der Waals surface area contributed by atoms with Crippen LogP contribution in [-0.2, 0) is 9.53 Å². The lowest BCUT2D eigenvalue weighted by atomic mass is 9.84. The van der Waals surface area contributed by atoms with Gasteiger partial charge in [-0.2, -0.15) is 0 Å². The van der Waals surface area contributed by atoms with Crippen molar-refractivity contribution in [1.82, 2.24) is 5.32 Å². The van der Waals surface area contributed by atoms with E-state index >= 15 is 0 Å². The Bertz CT molecular complexity index is 662. The Morgan fingerprint density at radius 1 is 1.27 bits per heavy atom. The first-order valence-electron chi connectivity index (χ1n) is 7.22. The zero-order valence-electron chi connectivity index (χ0n) is 13.2. The molecule has 0 aliphatic carbocycles. The molecule has 0 radical (unpaired) electrons. The number of nitrogens with one attached hydrogen (secondary N) is 1. The van der Waals surface area contributed by atoms with Gasteiger partial charge in [-0.3, -0.25) is 0 Å². The second-order valence-electron chi connectivity index (χ2n) is 5.65. The van der Waals surface area contributed by atoms with Gasteiger partial charge < -0.3 is 15.8 Å². The van der Waals surface area contributed by atoms with Crippen LogP contribution >= 0.6 is 11.6 Å². The standard InChI is InChI=1S/C17H21ClN2O2/c1-9(2)22-17(21)14-10(3)20-11(4)16(19)15(14)12-7-5-6-8-13(12)18/h5-9,15,20H,19H2,1-4H3. The number of allylic oxidation sites excluding steroid dienone is 3. The summed E-state index contributed by atoms with van der Waals surface area (Å²) in [6.07, 6.45) is -0.201. The lowest BCUT2D eigenvalue weighted by molar-refractivity contribution is -0.143. The van der Waals surface area contributed by atoms with Gasteiger partial charge in [-0.25, -0.2) is 4.79 Å². The molecule has 2 rings (SSSR count). The molecule has 1 aromatic carbocycles. The third kappa shape index (κ3) is 3.12. The van der Waals surface area contributed by atoms with E-state index in [9.17, 15) is 4.79 Å². The summed E-state index contributed by atoms with van der Waals surface area (Å²) < 4.78 is 5.38. The molecule has 118 valence electrons. The van der Waals surface area contributed by atoms with Crippen LogP contribution in [0.3, 0.4) is 0 Å². The maximum absolute atomic E-state index is 12.5. The average Bonchev–Trinajstić information content (AvgIpc) is 2.42. The lowest BCUT2D eigenvalue weighted by Gasteiger charge is -2.30. The molecule has 0 saturated carbocycles. The number of carbonyl (C=O) groups is 1. The number of esters is 1. The maximum Gasteiger partial charge on any atom is 0.337 e. The molecular weight excluding hydrogens is 300 g/mol. The molecule has 1 unspecified atom stereocenters. The highest BCUT2D eigenvalue weighted by Crippen LogP contribution is 2.39. The molecule has 0 fully saturated rings. The molecule has 4 nitrogen and oxygen atoms in total. The number of nitrogens with two attached hydrogens (primary N) is 1. The predicted molar refractivity (Wildman–Crippen MR) is 88.1 cm³/mol. The Morgan fingerprint density at radius 3 is 2.50 bits per heavy atom. The van der Waals surface area contributed by atoms with Crippen molar-refractivity contribution in [3.8, 4) is 0 Å². The molecule has 1 heterocycles. The van der Waals surface area contributed by atoms with Crippen molar-refractivity contribution in [2.24, 2.45) is 5.73 Å². The number of dihydropyridines is 1. The van der Waals surface area contributed by atoms with E-state index in [0.29, 0.717) is 16.3 Å². The molecule has 0 bridgehead atoms. The van der Waals surface area contributed by atoms with Crippen LogP contribution in [0.1, 0.15) is 39.2 Å². The number of hydrogen-bond donors (Lipinski definition) is 2. The lowest BCUT2D eigenvalue weighted by Crippen LogP contribution is -2.32. The van der Waals surface area contributed by atoms with Gasteiger partial charge in [0, 0.05) is 22.1 Å². The molecule has 0 amide bonds. The van der Waals surface area contributed by atoms with Crippen LogP contribution in [0.4, 0.5) is 0 Å². The summed E-state index contributed by atoms with van der Waals surface area (Å²) >= 11 is 6.32. The van der Waals surface area contributed by atoms with Gasteiger partial charge in [0.2, 0.25) is 0 Å². The van der Waals surface area contributed by atoms with E-state index in [2.05, 4.69) is 5.32 Å². The van der Waals surface area contributed by atoms with Crippen LogP contribution in [0, 0.1) is 0 Å². The van der Waals surface area contributed by atoms with Crippen LogP contribution in [0.15, 0.2) is 46.9 Å². The van der Waals surface area contributed by atoms with Crippen LogP contribution in [-0.4, -0.2) is 12.1 Å². The van der Waals surface area contributed by atoms with Crippen molar-refractivity contribution in [3.63, 3.8) is 0 Å². The average molecular weight is 321 g/mol. The molecular formula is C17H21ClN2O2. The fourth-order valence-corrected chi connectivity index (χ4v) is 2.83. The molecule has 1 aromatic rings. The molecule has 0 saturated heterocycles. The minimum atomic E-state index is -0.402. The quantitative estimate of drug-likeness (QED) is 0.837. The number of halogens is 1.